The fraction of sp³-hybridized carbons (Fsp3) is 0.241. The van der Waals surface area contributed by atoms with E-state index >= 15 is 0 Å². The average Bonchev–Trinajstić information content (AvgIpc) is 2.94. The summed E-state index contributed by atoms with van der Waals surface area (Å²) in [6, 6.07) is 24.0. The molecule has 0 spiro atoms. The van der Waals surface area contributed by atoms with Crippen LogP contribution in [0.4, 0.5) is 4.79 Å². The molecular formula is C29H30N2O7. The zero-order valence-corrected chi connectivity index (χ0v) is 20.9. The van der Waals surface area contributed by atoms with Gasteiger partial charge in [0.1, 0.15) is 18.7 Å². The molecule has 1 unspecified atom stereocenters. The van der Waals surface area contributed by atoms with Gasteiger partial charge < -0.3 is 25.2 Å². The number of hydrogen-bond donors (Lipinski definition) is 3. The van der Waals surface area contributed by atoms with Gasteiger partial charge in [0.2, 0.25) is 5.91 Å². The Labute approximate surface area is 220 Å². The maximum Gasteiger partial charge on any atom is 0.408 e. The van der Waals surface area contributed by atoms with Crippen LogP contribution >= 0.6 is 0 Å². The van der Waals surface area contributed by atoms with Gasteiger partial charge >= 0.3 is 18.0 Å². The van der Waals surface area contributed by atoms with E-state index in [0.29, 0.717) is 5.56 Å². The Morgan fingerprint density at radius 1 is 0.737 bits per heavy atom. The lowest BCUT2D eigenvalue weighted by atomic mass is 9.91. The molecule has 9 nitrogen and oxygen atoms in total. The van der Waals surface area contributed by atoms with Crippen molar-refractivity contribution in [2.24, 2.45) is 5.92 Å². The highest BCUT2D eigenvalue weighted by molar-refractivity contribution is 5.93. The van der Waals surface area contributed by atoms with Crippen molar-refractivity contribution in [3.63, 3.8) is 0 Å². The van der Waals surface area contributed by atoms with Crippen LogP contribution in [0.2, 0.25) is 0 Å². The molecule has 0 aliphatic rings. The van der Waals surface area contributed by atoms with Gasteiger partial charge in [-0.25, -0.2) is 9.59 Å². The second-order valence-electron chi connectivity index (χ2n) is 8.59. The number of aliphatic carboxylic acids is 1. The van der Waals surface area contributed by atoms with E-state index < -0.39 is 41.9 Å². The Hall–Kier alpha value is -4.66. The predicted octanol–water partition coefficient (Wildman–Crippen LogP) is 3.13. The number of hydrogen-bond acceptors (Lipinski definition) is 6. The van der Waals surface area contributed by atoms with Crippen molar-refractivity contribution in [3.05, 3.63) is 108 Å². The monoisotopic (exact) mass is 518 g/mol. The van der Waals surface area contributed by atoms with E-state index in [0.717, 1.165) is 11.1 Å². The van der Waals surface area contributed by atoms with Crippen LogP contribution in [0.3, 0.4) is 0 Å². The van der Waals surface area contributed by atoms with Gasteiger partial charge in [-0.1, -0.05) is 91.0 Å². The molecule has 198 valence electrons. The first-order valence-electron chi connectivity index (χ1n) is 12.0. The first-order chi connectivity index (χ1) is 18.4. The number of carboxylic acids is 1. The molecule has 0 fully saturated rings. The van der Waals surface area contributed by atoms with E-state index in [1.165, 1.54) is 7.11 Å². The summed E-state index contributed by atoms with van der Waals surface area (Å²) in [5.41, 5.74) is 2.14. The zero-order chi connectivity index (χ0) is 27.3. The molecule has 3 aromatic carbocycles. The lowest BCUT2D eigenvalue weighted by molar-refractivity contribution is -0.147. The van der Waals surface area contributed by atoms with Crippen molar-refractivity contribution >= 4 is 23.9 Å². The number of amides is 2. The van der Waals surface area contributed by atoms with Crippen molar-refractivity contribution < 1.29 is 33.8 Å². The summed E-state index contributed by atoms with van der Waals surface area (Å²) >= 11 is 0. The number of benzene rings is 3. The van der Waals surface area contributed by atoms with Crippen LogP contribution in [0.25, 0.3) is 0 Å². The normalized spacial score (nSPS) is 12.9. The molecule has 0 bridgehead atoms. The number of nitrogens with one attached hydrogen (secondary N) is 2. The molecule has 0 aromatic heterocycles. The largest absolute Gasteiger partial charge is 0.481 e. The van der Waals surface area contributed by atoms with Crippen LogP contribution in [-0.2, 0) is 43.3 Å². The lowest BCUT2D eigenvalue weighted by Gasteiger charge is -2.26. The summed E-state index contributed by atoms with van der Waals surface area (Å²) in [5.74, 6) is -4.20. The molecule has 0 saturated heterocycles. The number of alkyl carbamates (subject to hydrolysis) is 1. The smallest absolute Gasteiger partial charge is 0.408 e. The maximum atomic E-state index is 13.5. The fourth-order valence-electron chi connectivity index (χ4n) is 3.90. The Morgan fingerprint density at radius 2 is 1.24 bits per heavy atom. The van der Waals surface area contributed by atoms with Crippen LogP contribution in [0, 0.1) is 5.92 Å². The Kier molecular flexibility index (Phi) is 10.4. The van der Waals surface area contributed by atoms with Crippen molar-refractivity contribution in [3.8, 4) is 0 Å². The number of carbonyl (C=O) groups is 4. The SMILES string of the molecule is COC(=O)[C@H](Cc1ccccc1)NC(=O)[C@@H](NC(=O)OCc1ccccc1)C(Cc1ccccc1)C(=O)O. The topological polar surface area (TPSA) is 131 Å². The number of carboxylic acid groups (broad SMARTS) is 1. The highest BCUT2D eigenvalue weighted by Crippen LogP contribution is 2.16. The molecule has 3 rings (SSSR count). The van der Waals surface area contributed by atoms with Crippen molar-refractivity contribution in [2.45, 2.75) is 31.5 Å². The molecule has 3 atom stereocenters. The summed E-state index contributed by atoms with van der Waals surface area (Å²) in [5, 5.41) is 15.0. The van der Waals surface area contributed by atoms with E-state index in [2.05, 4.69) is 10.6 Å². The molecule has 9 heteroatoms. The summed E-state index contributed by atoms with van der Waals surface area (Å²) in [6.07, 6.45) is -0.902. The van der Waals surface area contributed by atoms with Crippen molar-refractivity contribution in [2.75, 3.05) is 7.11 Å². The van der Waals surface area contributed by atoms with Gasteiger partial charge in [0.25, 0.3) is 0 Å². The van der Waals surface area contributed by atoms with Gasteiger partial charge in [-0.2, -0.15) is 0 Å². The Balaban J connectivity index is 1.82. The van der Waals surface area contributed by atoms with Gasteiger partial charge in [-0.15, -0.1) is 0 Å². The van der Waals surface area contributed by atoms with Gasteiger partial charge in [0.05, 0.1) is 13.0 Å². The average molecular weight is 519 g/mol. The zero-order valence-electron chi connectivity index (χ0n) is 20.9. The third-order valence-corrected chi connectivity index (χ3v) is 5.87. The molecule has 0 saturated carbocycles. The molecule has 3 aromatic rings. The maximum absolute atomic E-state index is 13.5. The highest BCUT2D eigenvalue weighted by atomic mass is 16.5. The number of ether oxygens (including phenoxy) is 2. The predicted molar refractivity (Wildman–Crippen MR) is 139 cm³/mol. The summed E-state index contributed by atoms with van der Waals surface area (Å²) in [4.78, 5) is 50.9. The molecule has 0 aliphatic heterocycles. The standard InChI is InChI=1S/C29H30N2O7/c1-37-28(35)24(18-21-13-7-3-8-14-21)30-26(32)25(23(27(33)34)17-20-11-5-2-6-12-20)31-29(36)38-19-22-15-9-4-10-16-22/h2-16,23-25H,17-19H2,1H3,(H,30,32)(H,31,36)(H,33,34)/t23?,24-,25-/m0/s1. The molecule has 0 heterocycles. The third-order valence-electron chi connectivity index (χ3n) is 5.87. The number of rotatable bonds is 12. The van der Waals surface area contributed by atoms with Crippen molar-refractivity contribution in [1.29, 1.82) is 0 Å². The van der Waals surface area contributed by atoms with Crippen LogP contribution < -0.4 is 10.6 Å². The first-order valence-corrected chi connectivity index (χ1v) is 12.0. The van der Waals surface area contributed by atoms with Gasteiger partial charge in [0, 0.05) is 6.42 Å². The van der Waals surface area contributed by atoms with Crippen LogP contribution in [0.1, 0.15) is 16.7 Å². The van der Waals surface area contributed by atoms with Gasteiger partial charge in [-0.05, 0) is 23.1 Å². The first kappa shape index (κ1) is 27.9. The Morgan fingerprint density at radius 3 is 1.74 bits per heavy atom. The second-order valence-corrected chi connectivity index (χ2v) is 8.59. The quantitative estimate of drug-likeness (QED) is 0.314. The minimum atomic E-state index is -1.54. The van der Waals surface area contributed by atoms with Crippen LogP contribution in [0.15, 0.2) is 91.0 Å². The highest BCUT2D eigenvalue weighted by Gasteiger charge is 2.37. The summed E-state index contributed by atoms with van der Waals surface area (Å²) in [6.45, 7) is -0.0732. The molecule has 0 radical (unpaired) electrons. The molecular weight excluding hydrogens is 488 g/mol. The second kappa shape index (κ2) is 14.2. The van der Waals surface area contributed by atoms with E-state index in [4.69, 9.17) is 9.47 Å². The van der Waals surface area contributed by atoms with Crippen LogP contribution in [0.5, 0.6) is 0 Å². The Bertz CT molecular complexity index is 1200. The van der Waals surface area contributed by atoms with E-state index in [-0.39, 0.29) is 19.4 Å². The number of esters is 1. The van der Waals surface area contributed by atoms with Gasteiger partial charge in [-0.3, -0.25) is 9.59 Å². The van der Waals surface area contributed by atoms with Gasteiger partial charge in [0.15, 0.2) is 0 Å². The third kappa shape index (κ3) is 8.48. The minimum absolute atomic E-state index is 0.0468. The number of methoxy groups -OCH3 is 1. The molecule has 2 amide bonds. The van der Waals surface area contributed by atoms with E-state index in [1.54, 1.807) is 78.9 Å². The van der Waals surface area contributed by atoms with E-state index in [9.17, 15) is 24.3 Å². The lowest BCUT2D eigenvalue weighted by Crippen LogP contribution is -2.57. The summed E-state index contributed by atoms with van der Waals surface area (Å²) in [7, 11) is 1.19. The fourth-order valence-corrected chi connectivity index (χ4v) is 3.90. The molecule has 3 N–H and O–H groups in total. The summed E-state index contributed by atoms with van der Waals surface area (Å²) < 4.78 is 10.1. The minimum Gasteiger partial charge on any atom is -0.481 e. The molecule has 0 aliphatic carbocycles. The number of carbonyl (C=O) groups excluding carboxylic acids is 3. The molecule has 38 heavy (non-hydrogen) atoms. The van der Waals surface area contributed by atoms with Crippen LogP contribution in [-0.4, -0.2) is 48.2 Å². The van der Waals surface area contributed by atoms with Crippen molar-refractivity contribution in [1.82, 2.24) is 10.6 Å². The van der Waals surface area contributed by atoms with E-state index in [1.807, 2.05) is 12.1 Å².